The number of carboxylic acids is 1. The molecular weight excluding hydrogens is 229 g/mol. The third-order valence-corrected chi connectivity index (χ3v) is 2.51. The molecule has 0 saturated carbocycles. The molecule has 1 heterocycles. The Labute approximate surface area is 96.9 Å². The van der Waals surface area contributed by atoms with Gasteiger partial charge in [-0.3, -0.25) is 4.79 Å². The molecular formula is C11H12FNO4. The summed E-state index contributed by atoms with van der Waals surface area (Å²) in [5.74, 6) is -1.10. The van der Waals surface area contributed by atoms with Crippen molar-refractivity contribution in [2.75, 3.05) is 6.79 Å². The van der Waals surface area contributed by atoms with E-state index in [0.717, 1.165) is 0 Å². The molecule has 1 unspecified atom stereocenters. The highest BCUT2D eigenvalue weighted by Gasteiger charge is 2.20. The van der Waals surface area contributed by atoms with Crippen LogP contribution in [0.4, 0.5) is 4.39 Å². The van der Waals surface area contributed by atoms with Crippen LogP contribution in [0.15, 0.2) is 12.1 Å². The van der Waals surface area contributed by atoms with Gasteiger partial charge in [-0.15, -0.1) is 0 Å². The molecule has 17 heavy (non-hydrogen) atoms. The molecule has 0 bridgehead atoms. The Balaban J connectivity index is 2.32. The minimum Gasteiger partial charge on any atom is -0.480 e. The van der Waals surface area contributed by atoms with E-state index in [9.17, 15) is 9.18 Å². The molecule has 5 nitrogen and oxygen atoms in total. The second kappa shape index (κ2) is 4.68. The zero-order valence-electron chi connectivity index (χ0n) is 8.98. The summed E-state index contributed by atoms with van der Waals surface area (Å²) < 4.78 is 23.6. The molecule has 0 radical (unpaired) electrons. The van der Waals surface area contributed by atoms with Gasteiger partial charge in [0.1, 0.15) is 17.6 Å². The lowest BCUT2D eigenvalue weighted by Crippen LogP contribution is -2.32. The first kappa shape index (κ1) is 11.8. The Hall–Kier alpha value is -1.66. The van der Waals surface area contributed by atoms with E-state index >= 15 is 0 Å². The standard InChI is InChI=1S/C11H12FNO4/c12-8-1-6(3-9(13)11(14)15)10-7(2-8)4-16-5-17-10/h1-2,9H,3-5,13H2,(H,14,15). The average Bonchev–Trinajstić information content (AvgIpc) is 2.28. The molecule has 1 aliphatic heterocycles. The summed E-state index contributed by atoms with van der Waals surface area (Å²) in [5.41, 5.74) is 6.45. The maximum Gasteiger partial charge on any atom is 0.320 e. The first-order chi connectivity index (χ1) is 8.08. The van der Waals surface area contributed by atoms with Gasteiger partial charge in [0.15, 0.2) is 6.79 Å². The molecule has 2 rings (SSSR count). The van der Waals surface area contributed by atoms with Crippen LogP contribution in [0.5, 0.6) is 5.75 Å². The number of benzene rings is 1. The lowest BCUT2D eigenvalue weighted by atomic mass is 10.0. The zero-order valence-corrected chi connectivity index (χ0v) is 8.98. The zero-order chi connectivity index (χ0) is 12.4. The van der Waals surface area contributed by atoms with Gasteiger partial charge in [0.25, 0.3) is 0 Å². The summed E-state index contributed by atoms with van der Waals surface area (Å²) in [5, 5.41) is 8.73. The van der Waals surface area contributed by atoms with Crippen molar-refractivity contribution in [3.05, 3.63) is 29.1 Å². The van der Waals surface area contributed by atoms with Crippen LogP contribution < -0.4 is 10.5 Å². The lowest BCUT2D eigenvalue weighted by molar-refractivity contribution is -0.138. The predicted octanol–water partition coefficient (Wildman–Crippen LogP) is 0.647. The molecule has 1 aromatic rings. The number of halogens is 1. The minimum atomic E-state index is -1.13. The highest BCUT2D eigenvalue weighted by molar-refractivity contribution is 5.73. The molecule has 0 spiro atoms. The van der Waals surface area contributed by atoms with Crippen LogP contribution >= 0.6 is 0 Å². The molecule has 92 valence electrons. The molecule has 0 amide bonds. The van der Waals surface area contributed by atoms with Crippen molar-refractivity contribution in [2.45, 2.75) is 19.1 Å². The van der Waals surface area contributed by atoms with Gasteiger partial charge in [0.2, 0.25) is 0 Å². The van der Waals surface area contributed by atoms with Crippen LogP contribution in [0.3, 0.4) is 0 Å². The molecule has 0 fully saturated rings. The summed E-state index contributed by atoms with van der Waals surface area (Å²) in [6.45, 7) is 0.330. The minimum absolute atomic E-state index is 0.0232. The summed E-state index contributed by atoms with van der Waals surface area (Å²) in [4.78, 5) is 10.7. The number of hydrogen-bond acceptors (Lipinski definition) is 4. The van der Waals surface area contributed by atoms with Gasteiger partial charge in [-0.05, 0) is 17.7 Å². The quantitative estimate of drug-likeness (QED) is 0.811. The average molecular weight is 241 g/mol. The number of rotatable bonds is 3. The normalized spacial score (nSPS) is 15.9. The van der Waals surface area contributed by atoms with Crippen molar-refractivity contribution in [1.29, 1.82) is 0 Å². The van der Waals surface area contributed by atoms with Crippen molar-refractivity contribution in [3.63, 3.8) is 0 Å². The fraction of sp³-hybridized carbons (Fsp3) is 0.364. The maximum absolute atomic E-state index is 13.3. The van der Waals surface area contributed by atoms with E-state index < -0.39 is 17.8 Å². The van der Waals surface area contributed by atoms with E-state index in [1.807, 2.05) is 0 Å². The van der Waals surface area contributed by atoms with E-state index in [1.165, 1.54) is 12.1 Å². The summed E-state index contributed by atoms with van der Waals surface area (Å²) in [7, 11) is 0. The fourth-order valence-electron chi connectivity index (χ4n) is 1.73. The number of ether oxygens (including phenoxy) is 2. The first-order valence-electron chi connectivity index (χ1n) is 5.08. The number of carboxylic acid groups (broad SMARTS) is 1. The van der Waals surface area contributed by atoms with Crippen molar-refractivity contribution in [2.24, 2.45) is 5.73 Å². The van der Waals surface area contributed by atoms with E-state index in [1.54, 1.807) is 0 Å². The van der Waals surface area contributed by atoms with Crippen LogP contribution in [-0.2, 0) is 22.6 Å². The third kappa shape index (κ3) is 2.54. The van der Waals surface area contributed by atoms with Crippen LogP contribution in [-0.4, -0.2) is 23.9 Å². The molecule has 1 atom stereocenters. The Morgan fingerprint density at radius 3 is 3.06 bits per heavy atom. The van der Waals surface area contributed by atoms with E-state index in [4.69, 9.17) is 20.3 Å². The van der Waals surface area contributed by atoms with E-state index in [0.29, 0.717) is 16.9 Å². The van der Waals surface area contributed by atoms with Gasteiger partial charge in [0, 0.05) is 12.0 Å². The topological polar surface area (TPSA) is 81.8 Å². The molecule has 0 aromatic heterocycles. The first-order valence-corrected chi connectivity index (χ1v) is 5.08. The van der Waals surface area contributed by atoms with E-state index in [2.05, 4.69) is 0 Å². The molecule has 1 aromatic carbocycles. The molecule has 3 N–H and O–H groups in total. The van der Waals surface area contributed by atoms with Gasteiger partial charge in [0.05, 0.1) is 6.61 Å². The van der Waals surface area contributed by atoms with Gasteiger partial charge < -0.3 is 20.3 Å². The SMILES string of the molecule is NC(Cc1cc(F)cc2c1OCOC2)C(=O)O. The lowest BCUT2D eigenvalue weighted by Gasteiger charge is -2.21. The van der Waals surface area contributed by atoms with E-state index in [-0.39, 0.29) is 19.8 Å². The second-order valence-electron chi connectivity index (χ2n) is 3.81. The van der Waals surface area contributed by atoms with Crippen molar-refractivity contribution in [1.82, 2.24) is 0 Å². The fourth-order valence-corrected chi connectivity index (χ4v) is 1.73. The monoisotopic (exact) mass is 241 g/mol. The molecule has 6 heteroatoms. The highest BCUT2D eigenvalue weighted by Crippen LogP contribution is 2.30. The third-order valence-electron chi connectivity index (χ3n) is 2.51. The van der Waals surface area contributed by atoms with Crippen LogP contribution in [0.1, 0.15) is 11.1 Å². The summed E-state index contributed by atoms with van der Waals surface area (Å²) in [6.07, 6.45) is 0.0232. The number of fused-ring (bicyclic) bond motifs is 1. The Morgan fingerprint density at radius 2 is 2.35 bits per heavy atom. The second-order valence-corrected chi connectivity index (χ2v) is 3.81. The van der Waals surface area contributed by atoms with Gasteiger partial charge in [-0.1, -0.05) is 0 Å². The number of nitrogens with two attached hydrogens (primary N) is 1. The largest absolute Gasteiger partial charge is 0.480 e. The number of aliphatic carboxylic acids is 1. The Morgan fingerprint density at radius 1 is 1.59 bits per heavy atom. The Kier molecular flexibility index (Phi) is 3.26. The van der Waals surface area contributed by atoms with Gasteiger partial charge in [-0.2, -0.15) is 0 Å². The van der Waals surface area contributed by atoms with Gasteiger partial charge >= 0.3 is 5.97 Å². The molecule has 0 saturated heterocycles. The van der Waals surface area contributed by atoms with Crippen molar-refractivity contribution < 1.29 is 23.8 Å². The summed E-state index contributed by atoms with van der Waals surface area (Å²) >= 11 is 0. The maximum atomic E-state index is 13.3. The highest BCUT2D eigenvalue weighted by atomic mass is 19.1. The molecule has 0 aliphatic carbocycles. The van der Waals surface area contributed by atoms with Crippen molar-refractivity contribution >= 4 is 5.97 Å². The molecule has 1 aliphatic rings. The van der Waals surface area contributed by atoms with Crippen molar-refractivity contribution in [3.8, 4) is 5.75 Å². The van der Waals surface area contributed by atoms with Crippen LogP contribution in [0, 0.1) is 5.82 Å². The smallest absolute Gasteiger partial charge is 0.320 e. The number of carbonyl (C=O) groups is 1. The predicted molar refractivity (Wildman–Crippen MR) is 56.0 cm³/mol. The number of hydrogen-bond donors (Lipinski definition) is 2. The summed E-state index contributed by atoms with van der Waals surface area (Å²) in [6, 6.07) is 1.48. The van der Waals surface area contributed by atoms with Crippen LogP contribution in [0.2, 0.25) is 0 Å². The van der Waals surface area contributed by atoms with Crippen LogP contribution in [0.25, 0.3) is 0 Å². The Bertz CT molecular complexity index is 449. The van der Waals surface area contributed by atoms with Gasteiger partial charge in [-0.25, -0.2) is 4.39 Å².